The number of benzene rings is 1. The van der Waals surface area contributed by atoms with Crippen LogP contribution in [0.4, 0.5) is 5.69 Å². The highest BCUT2D eigenvalue weighted by molar-refractivity contribution is 7.15. The number of anilines is 1. The Hall–Kier alpha value is -2.18. The molecule has 1 fully saturated rings. The third-order valence-electron chi connectivity index (χ3n) is 5.11. The van der Waals surface area contributed by atoms with Crippen LogP contribution in [0.15, 0.2) is 42.0 Å². The number of hydrogen-bond donors (Lipinski definition) is 2. The van der Waals surface area contributed by atoms with Crippen LogP contribution in [0.5, 0.6) is 0 Å². The number of thiazole rings is 1. The maximum Gasteiger partial charge on any atom is 0.229 e. The molecule has 0 radical (unpaired) electrons. The number of amides is 1. The zero-order valence-electron chi connectivity index (χ0n) is 14.2. The van der Waals surface area contributed by atoms with Crippen molar-refractivity contribution in [2.24, 2.45) is 11.7 Å². The lowest BCUT2D eigenvalue weighted by atomic mass is 9.74. The van der Waals surface area contributed by atoms with Crippen molar-refractivity contribution in [3.05, 3.63) is 42.0 Å². The van der Waals surface area contributed by atoms with Crippen LogP contribution in [0.1, 0.15) is 32.6 Å². The number of rotatable bonds is 3. The molecule has 0 bridgehead atoms. The minimum absolute atomic E-state index is 0.0277. The van der Waals surface area contributed by atoms with Gasteiger partial charge in [-0.1, -0.05) is 25.0 Å². The average molecular weight is 354 g/mol. The van der Waals surface area contributed by atoms with Gasteiger partial charge >= 0.3 is 0 Å². The minimum atomic E-state index is -0.412. The summed E-state index contributed by atoms with van der Waals surface area (Å²) in [5.74, 6) is -0.0965. The largest absolute Gasteiger partial charge is 0.326 e. The van der Waals surface area contributed by atoms with E-state index in [-0.39, 0.29) is 11.8 Å². The topological polar surface area (TPSA) is 72.4 Å². The maximum absolute atomic E-state index is 12.6. The summed E-state index contributed by atoms with van der Waals surface area (Å²) in [5.41, 5.74) is 8.70. The second kappa shape index (κ2) is 6.28. The fraction of sp³-hybridized carbons (Fsp3) is 0.368. The molecule has 6 heteroatoms. The standard InChI is InChI=1S/C19H22N4OS/c1-19(20)9-3-2-4-15(19)17(24)21-14-7-5-13(6-8-14)16-12-23-10-11-25-18(23)22-16/h5-8,10-12,15H,2-4,9,20H2,1H3,(H,21,24). The molecular weight excluding hydrogens is 332 g/mol. The van der Waals surface area contributed by atoms with E-state index in [1.807, 2.05) is 53.4 Å². The normalized spacial score (nSPS) is 23.7. The Bertz CT molecular complexity index is 865. The average Bonchev–Trinajstić information content (AvgIpc) is 3.16. The zero-order valence-corrected chi connectivity index (χ0v) is 15.1. The molecule has 1 saturated carbocycles. The van der Waals surface area contributed by atoms with Crippen molar-refractivity contribution < 1.29 is 4.79 Å². The van der Waals surface area contributed by atoms with E-state index < -0.39 is 5.54 Å². The van der Waals surface area contributed by atoms with Crippen LogP contribution in [0.25, 0.3) is 16.2 Å². The van der Waals surface area contributed by atoms with Crippen molar-refractivity contribution in [2.45, 2.75) is 38.1 Å². The monoisotopic (exact) mass is 354 g/mol. The van der Waals surface area contributed by atoms with Crippen molar-refractivity contribution in [1.29, 1.82) is 0 Å². The van der Waals surface area contributed by atoms with E-state index >= 15 is 0 Å². The molecule has 1 amide bonds. The number of aromatic nitrogens is 2. The summed E-state index contributed by atoms with van der Waals surface area (Å²) in [4.78, 5) is 18.2. The van der Waals surface area contributed by atoms with Gasteiger partial charge in [0.2, 0.25) is 5.91 Å². The quantitative estimate of drug-likeness (QED) is 0.749. The third kappa shape index (κ3) is 3.19. The molecule has 25 heavy (non-hydrogen) atoms. The highest BCUT2D eigenvalue weighted by Crippen LogP contribution is 2.32. The van der Waals surface area contributed by atoms with Gasteiger partial charge in [-0.05, 0) is 31.9 Å². The number of imidazole rings is 1. The van der Waals surface area contributed by atoms with Crippen molar-refractivity contribution in [2.75, 3.05) is 5.32 Å². The van der Waals surface area contributed by atoms with E-state index in [9.17, 15) is 4.79 Å². The summed E-state index contributed by atoms with van der Waals surface area (Å²) in [5, 5.41) is 5.04. The van der Waals surface area contributed by atoms with Crippen LogP contribution >= 0.6 is 11.3 Å². The Kier molecular flexibility index (Phi) is 4.09. The van der Waals surface area contributed by atoms with Gasteiger partial charge in [0.15, 0.2) is 4.96 Å². The summed E-state index contributed by atoms with van der Waals surface area (Å²) in [6, 6.07) is 7.84. The highest BCUT2D eigenvalue weighted by atomic mass is 32.1. The molecule has 3 N–H and O–H groups in total. The third-order valence-corrected chi connectivity index (χ3v) is 5.88. The molecule has 0 spiro atoms. The predicted molar refractivity (Wildman–Crippen MR) is 102 cm³/mol. The van der Waals surface area contributed by atoms with Crippen molar-refractivity contribution in [3.8, 4) is 11.3 Å². The maximum atomic E-state index is 12.6. The first-order valence-corrected chi connectivity index (χ1v) is 9.53. The minimum Gasteiger partial charge on any atom is -0.326 e. The van der Waals surface area contributed by atoms with E-state index in [0.717, 1.165) is 47.6 Å². The number of carbonyl (C=O) groups is 1. The van der Waals surface area contributed by atoms with Crippen LogP contribution < -0.4 is 11.1 Å². The predicted octanol–water partition coefficient (Wildman–Crippen LogP) is 3.91. The molecule has 4 rings (SSSR count). The van der Waals surface area contributed by atoms with Gasteiger partial charge < -0.3 is 11.1 Å². The van der Waals surface area contributed by atoms with E-state index in [1.165, 1.54) is 0 Å². The molecule has 2 aromatic heterocycles. The number of carbonyl (C=O) groups excluding carboxylic acids is 1. The van der Waals surface area contributed by atoms with E-state index in [1.54, 1.807) is 11.3 Å². The zero-order chi connectivity index (χ0) is 17.4. The number of hydrogen-bond acceptors (Lipinski definition) is 4. The fourth-order valence-electron chi connectivity index (χ4n) is 3.61. The van der Waals surface area contributed by atoms with Gasteiger partial charge in [-0.2, -0.15) is 0 Å². The molecule has 5 nitrogen and oxygen atoms in total. The molecule has 1 aromatic carbocycles. The molecule has 3 aromatic rings. The molecule has 2 atom stereocenters. The second-order valence-electron chi connectivity index (χ2n) is 7.09. The van der Waals surface area contributed by atoms with E-state index in [2.05, 4.69) is 10.3 Å². The van der Waals surface area contributed by atoms with Gasteiger partial charge in [0.05, 0.1) is 11.6 Å². The number of fused-ring (bicyclic) bond motifs is 1. The van der Waals surface area contributed by atoms with Crippen LogP contribution in [0.3, 0.4) is 0 Å². The first-order chi connectivity index (χ1) is 12.0. The van der Waals surface area contributed by atoms with E-state index in [0.29, 0.717) is 0 Å². The molecule has 2 unspecified atom stereocenters. The summed E-state index contributed by atoms with van der Waals surface area (Å²) >= 11 is 1.61. The summed E-state index contributed by atoms with van der Waals surface area (Å²) in [7, 11) is 0. The van der Waals surface area contributed by atoms with Crippen LogP contribution in [0, 0.1) is 5.92 Å². The van der Waals surface area contributed by atoms with Crippen molar-refractivity contribution >= 4 is 27.9 Å². The second-order valence-corrected chi connectivity index (χ2v) is 7.96. The molecule has 0 aliphatic heterocycles. The van der Waals surface area contributed by atoms with Gasteiger partial charge in [0.1, 0.15) is 0 Å². The Balaban J connectivity index is 1.48. The SMILES string of the molecule is CC1(N)CCCCC1C(=O)Nc1ccc(-c2cn3ccsc3n2)cc1. The highest BCUT2D eigenvalue weighted by Gasteiger charge is 2.37. The first-order valence-electron chi connectivity index (χ1n) is 8.65. The van der Waals surface area contributed by atoms with Crippen LogP contribution in [0.2, 0.25) is 0 Å². The van der Waals surface area contributed by atoms with E-state index in [4.69, 9.17) is 5.73 Å². The first kappa shape index (κ1) is 16.3. The molecular formula is C19H22N4OS. The Labute approximate surface area is 150 Å². The fourth-order valence-corrected chi connectivity index (χ4v) is 4.31. The lowest BCUT2D eigenvalue weighted by Gasteiger charge is -2.37. The van der Waals surface area contributed by atoms with Gasteiger partial charge in [-0.15, -0.1) is 11.3 Å². The summed E-state index contributed by atoms with van der Waals surface area (Å²) < 4.78 is 2.01. The summed E-state index contributed by atoms with van der Waals surface area (Å²) in [6.07, 6.45) is 7.96. The number of nitrogens with zero attached hydrogens (tertiary/aromatic N) is 2. The van der Waals surface area contributed by atoms with Crippen LogP contribution in [-0.4, -0.2) is 20.8 Å². The lowest BCUT2D eigenvalue weighted by molar-refractivity contribution is -0.122. The molecule has 0 saturated heterocycles. The smallest absolute Gasteiger partial charge is 0.229 e. The molecule has 1 aliphatic rings. The Morgan fingerprint density at radius 3 is 2.88 bits per heavy atom. The Morgan fingerprint density at radius 1 is 1.36 bits per heavy atom. The van der Waals surface area contributed by atoms with Crippen molar-refractivity contribution in [3.63, 3.8) is 0 Å². The molecule has 130 valence electrons. The molecule has 1 aliphatic carbocycles. The van der Waals surface area contributed by atoms with Crippen LogP contribution in [-0.2, 0) is 4.79 Å². The molecule has 2 heterocycles. The summed E-state index contributed by atoms with van der Waals surface area (Å²) in [6.45, 7) is 1.99. The number of nitrogens with one attached hydrogen (secondary N) is 1. The van der Waals surface area contributed by atoms with Gasteiger partial charge in [0.25, 0.3) is 0 Å². The Morgan fingerprint density at radius 2 is 2.16 bits per heavy atom. The van der Waals surface area contributed by atoms with Crippen molar-refractivity contribution in [1.82, 2.24) is 9.38 Å². The number of nitrogens with two attached hydrogens (primary N) is 1. The van der Waals surface area contributed by atoms with Gasteiger partial charge in [-0.25, -0.2) is 4.98 Å². The van der Waals surface area contributed by atoms with Gasteiger partial charge in [0, 0.05) is 34.6 Å². The van der Waals surface area contributed by atoms with Gasteiger partial charge in [-0.3, -0.25) is 9.20 Å². The lowest BCUT2D eigenvalue weighted by Crippen LogP contribution is -2.51.